The van der Waals surface area contributed by atoms with E-state index >= 15 is 0 Å². The molecule has 1 aromatic heterocycles. The first-order valence-electron chi connectivity index (χ1n) is 5.76. The molecule has 0 radical (unpaired) electrons. The van der Waals surface area contributed by atoms with Crippen LogP contribution in [0.5, 0.6) is 0 Å². The van der Waals surface area contributed by atoms with Crippen LogP contribution in [0.2, 0.25) is 0 Å². The standard InChI is InChI=1S/C14H16FNS/c1-3-16-14(13-9-4-10(2)17-13)11-5-7-12(15)8-6-11/h4-9,14,16H,3H2,1-2H3. The average molecular weight is 249 g/mol. The normalized spacial score (nSPS) is 12.6. The minimum atomic E-state index is -0.189. The zero-order chi connectivity index (χ0) is 12.3. The number of nitrogens with one attached hydrogen (secondary N) is 1. The van der Waals surface area contributed by atoms with Crippen molar-refractivity contribution in [3.8, 4) is 0 Å². The number of halogens is 1. The monoisotopic (exact) mass is 249 g/mol. The quantitative estimate of drug-likeness (QED) is 0.866. The topological polar surface area (TPSA) is 12.0 Å². The lowest BCUT2D eigenvalue weighted by atomic mass is 10.1. The highest BCUT2D eigenvalue weighted by Crippen LogP contribution is 2.28. The van der Waals surface area contributed by atoms with Crippen LogP contribution in [0, 0.1) is 12.7 Å². The van der Waals surface area contributed by atoms with Gasteiger partial charge in [-0.15, -0.1) is 11.3 Å². The van der Waals surface area contributed by atoms with E-state index in [1.807, 2.05) is 12.1 Å². The van der Waals surface area contributed by atoms with Crippen molar-refractivity contribution in [2.45, 2.75) is 19.9 Å². The number of hydrogen-bond donors (Lipinski definition) is 1. The molecule has 1 nitrogen and oxygen atoms in total. The van der Waals surface area contributed by atoms with E-state index in [1.54, 1.807) is 11.3 Å². The van der Waals surface area contributed by atoms with Gasteiger partial charge in [-0.2, -0.15) is 0 Å². The van der Waals surface area contributed by atoms with Crippen molar-refractivity contribution in [1.82, 2.24) is 5.32 Å². The molecule has 0 saturated carbocycles. The van der Waals surface area contributed by atoms with E-state index in [2.05, 4.69) is 31.3 Å². The summed E-state index contributed by atoms with van der Waals surface area (Å²) < 4.78 is 12.9. The first-order valence-corrected chi connectivity index (χ1v) is 6.57. The highest BCUT2D eigenvalue weighted by Gasteiger charge is 2.14. The molecule has 0 aliphatic carbocycles. The summed E-state index contributed by atoms with van der Waals surface area (Å²) in [5.41, 5.74) is 1.11. The third kappa shape index (κ3) is 2.93. The van der Waals surface area contributed by atoms with Crippen molar-refractivity contribution < 1.29 is 4.39 Å². The summed E-state index contributed by atoms with van der Waals surface area (Å²) in [6.07, 6.45) is 0. The molecular formula is C14H16FNS. The Labute approximate surface area is 105 Å². The van der Waals surface area contributed by atoms with E-state index in [1.165, 1.54) is 21.9 Å². The van der Waals surface area contributed by atoms with Gasteiger partial charge < -0.3 is 5.32 Å². The Balaban J connectivity index is 2.31. The van der Waals surface area contributed by atoms with Crippen LogP contribution in [0.3, 0.4) is 0 Å². The average Bonchev–Trinajstić information content (AvgIpc) is 2.74. The first-order chi connectivity index (χ1) is 8.20. The summed E-state index contributed by atoms with van der Waals surface area (Å²) in [6.45, 7) is 5.07. The highest BCUT2D eigenvalue weighted by molar-refractivity contribution is 7.12. The molecule has 1 atom stereocenters. The maximum atomic E-state index is 12.9. The van der Waals surface area contributed by atoms with Crippen molar-refractivity contribution in [2.75, 3.05) is 6.54 Å². The molecule has 0 spiro atoms. The first kappa shape index (κ1) is 12.3. The van der Waals surface area contributed by atoms with Crippen LogP contribution < -0.4 is 5.32 Å². The molecule has 0 saturated heterocycles. The molecule has 1 N–H and O–H groups in total. The van der Waals surface area contributed by atoms with Crippen molar-refractivity contribution >= 4 is 11.3 Å². The van der Waals surface area contributed by atoms with Crippen molar-refractivity contribution in [1.29, 1.82) is 0 Å². The lowest BCUT2D eigenvalue weighted by molar-refractivity contribution is 0.617. The Morgan fingerprint density at radius 3 is 2.41 bits per heavy atom. The van der Waals surface area contributed by atoms with Gasteiger partial charge in [-0.1, -0.05) is 19.1 Å². The summed E-state index contributed by atoms with van der Waals surface area (Å²) >= 11 is 1.78. The molecule has 1 aromatic carbocycles. The third-order valence-corrected chi connectivity index (χ3v) is 3.72. The zero-order valence-corrected chi connectivity index (χ0v) is 10.9. The molecule has 0 aliphatic heterocycles. The van der Waals surface area contributed by atoms with E-state index in [4.69, 9.17) is 0 Å². The smallest absolute Gasteiger partial charge is 0.123 e. The van der Waals surface area contributed by atoms with Gasteiger partial charge in [0.05, 0.1) is 6.04 Å². The highest BCUT2D eigenvalue weighted by atomic mass is 32.1. The predicted molar refractivity (Wildman–Crippen MR) is 71.0 cm³/mol. The fourth-order valence-corrected chi connectivity index (χ4v) is 2.83. The van der Waals surface area contributed by atoms with Gasteiger partial charge in [0.2, 0.25) is 0 Å². The van der Waals surface area contributed by atoms with Crippen LogP contribution in [0.1, 0.15) is 28.3 Å². The Morgan fingerprint density at radius 2 is 1.88 bits per heavy atom. The molecule has 0 fully saturated rings. The number of aryl methyl sites for hydroxylation is 1. The van der Waals surface area contributed by atoms with Crippen molar-refractivity contribution in [3.05, 3.63) is 57.5 Å². The molecule has 1 heterocycles. The molecule has 2 rings (SSSR count). The predicted octanol–water partition coefficient (Wildman–Crippen LogP) is 3.89. The summed E-state index contributed by atoms with van der Waals surface area (Å²) in [7, 11) is 0. The van der Waals surface area contributed by atoms with Crippen LogP contribution in [0.15, 0.2) is 36.4 Å². The summed E-state index contributed by atoms with van der Waals surface area (Å²) in [6, 6.07) is 11.1. The van der Waals surface area contributed by atoms with E-state index < -0.39 is 0 Å². The van der Waals surface area contributed by atoms with Crippen molar-refractivity contribution in [3.63, 3.8) is 0 Å². The molecule has 3 heteroatoms. The molecule has 17 heavy (non-hydrogen) atoms. The fourth-order valence-electron chi connectivity index (χ4n) is 1.85. The van der Waals surface area contributed by atoms with Gasteiger partial charge in [0.1, 0.15) is 5.82 Å². The number of hydrogen-bond acceptors (Lipinski definition) is 2. The minimum Gasteiger partial charge on any atom is -0.306 e. The molecule has 0 aliphatic rings. The van der Waals surface area contributed by atoms with Gasteiger partial charge >= 0.3 is 0 Å². The van der Waals surface area contributed by atoms with E-state index in [-0.39, 0.29) is 11.9 Å². The molecule has 2 aromatic rings. The van der Waals surface area contributed by atoms with Gasteiger partial charge in [0, 0.05) is 9.75 Å². The van der Waals surface area contributed by atoms with E-state index in [0.717, 1.165) is 12.1 Å². The minimum absolute atomic E-state index is 0.166. The largest absolute Gasteiger partial charge is 0.306 e. The van der Waals surface area contributed by atoms with Crippen LogP contribution in [0.25, 0.3) is 0 Å². The Kier molecular flexibility index (Phi) is 3.92. The molecule has 90 valence electrons. The Morgan fingerprint density at radius 1 is 1.18 bits per heavy atom. The van der Waals surface area contributed by atoms with E-state index in [9.17, 15) is 4.39 Å². The molecule has 0 bridgehead atoms. The number of benzene rings is 1. The van der Waals surface area contributed by atoms with Gasteiger partial charge in [0.15, 0.2) is 0 Å². The van der Waals surface area contributed by atoms with Gasteiger partial charge in [-0.3, -0.25) is 0 Å². The maximum Gasteiger partial charge on any atom is 0.123 e. The van der Waals surface area contributed by atoms with Crippen LogP contribution in [0.4, 0.5) is 4.39 Å². The fraction of sp³-hybridized carbons (Fsp3) is 0.286. The van der Waals surface area contributed by atoms with Gasteiger partial charge in [-0.25, -0.2) is 4.39 Å². The van der Waals surface area contributed by atoms with Crippen LogP contribution in [-0.2, 0) is 0 Å². The molecular weight excluding hydrogens is 233 g/mol. The zero-order valence-electron chi connectivity index (χ0n) is 10.0. The SMILES string of the molecule is CCNC(c1ccc(F)cc1)c1ccc(C)s1. The number of rotatable bonds is 4. The lowest BCUT2D eigenvalue weighted by Gasteiger charge is -2.16. The third-order valence-electron chi connectivity index (χ3n) is 2.66. The second-order valence-electron chi connectivity index (χ2n) is 3.99. The molecule has 0 amide bonds. The Bertz CT molecular complexity index is 475. The van der Waals surface area contributed by atoms with Crippen LogP contribution >= 0.6 is 11.3 Å². The summed E-state index contributed by atoms with van der Waals surface area (Å²) in [4.78, 5) is 2.57. The summed E-state index contributed by atoms with van der Waals surface area (Å²) in [5, 5.41) is 3.44. The molecule has 1 unspecified atom stereocenters. The lowest BCUT2D eigenvalue weighted by Crippen LogP contribution is -2.20. The number of thiophene rings is 1. The Hall–Kier alpha value is -1.19. The van der Waals surface area contributed by atoms with Gasteiger partial charge in [-0.05, 0) is 43.3 Å². The summed E-state index contributed by atoms with van der Waals surface area (Å²) in [5.74, 6) is -0.189. The van der Waals surface area contributed by atoms with E-state index in [0.29, 0.717) is 0 Å². The maximum absolute atomic E-state index is 12.9. The van der Waals surface area contributed by atoms with Crippen molar-refractivity contribution in [2.24, 2.45) is 0 Å². The second kappa shape index (κ2) is 5.43. The van der Waals surface area contributed by atoms with Gasteiger partial charge in [0.25, 0.3) is 0 Å². The van der Waals surface area contributed by atoms with Crippen LogP contribution in [-0.4, -0.2) is 6.54 Å². The second-order valence-corrected chi connectivity index (χ2v) is 5.31.